The lowest BCUT2D eigenvalue weighted by Gasteiger charge is -2.22. The van der Waals surface area contributed by atoms with Crippen LogP contribution < -0.4 is 4.90 Å². The Labute approximate surface area is 147 Å². The molecule has 2 heteroatoms. The Morgan fingerprint density at radius 3 is 2.32 bits per heavy atom. The van der Waals surface area contributed by atoms with Gasteiger partial charge in [0.1, 0.15) is 0 Å². The number of rotatable bonds is 2. The van der Waals surface area contributed by atoms with Gasteiger partial charge in [-0.05, 0) is 49.7 Å². The molecule has 5 rings (SSSR count). The summed E-state index contributed by atoms with van der Waals surface area (Å²) < 4.78 is 2.36. The average Bonchev–Trinajstić information content (AvgIpc) is 3.23. The third kappa shape index (κ3) is 2.18. The second-order valence-corrected chi connectivity index (χ2v) is 6.77. The van der Waals surface area contributed by atoms with Crippen molar-refractivity contribution in [2.24, 2.45) is 0 Å². The van der Waals surface area contributed by atoms with Gasteiger partial charge < -0.3 is 9.47 Å². The minimum atomic E-state index is 0.528. The topological polar surface area (TPSA) is 8.17 Å². The molecular weight excluding hydrogens is 304 g/mol. The first kappa shape index (κ1) is 14.4. The van der Waals surface area contributed by atoms with Gasteiger partial charge in [-0.3, -0.25) is 0 Å². The van der Waals surface area contributed by atoms with Gasteiger partial charge in [0.15, 0.2) is 0 Å². The Hall–Kier alpha value is -3.00. The Balaban J connectivity index is 1.81. The van der Waals surface area contributed by atoms with Crippen molar-refractivity contribution in [1.82, 2.24) is 4.57 Å². The van der Waals surface area contributed by atoms with Gasteiger partial charge in [0.25, 0.3) is 0 Å². The van der Waals surface area contributed by atoms with Crippen molar-refractivity contribution in [3.63, 3.8) is 0 Å². The second kappa shape index (κ2) is 5.52. The third-order valence-electron chi connectivity index (χ3n) is 5.19. The molecule has 1 aromatic heterocycles. The molecule has 0 aliphatic carbocycles. The van der Waals surface area contributed by atoms with E-state index >= 15 is 0 Å². The van der Waals surface area contributed by atoms with Gasteiger partial charge >= 0.3 is 0 Å². The molecule has 1 atom stereocenters. The van der Waals surface area contributed by atoms with Crippen LogP contribution in [-0.4, -0.2) is 10.6 Å². The van der Waals surface area contributed by atoms with Crippen molar-refractivity contribution >= 4 is 27.5 Å². The van der Waals surface area contributed by atoms with Crippen molar-refractivity contribution in [3.8, 4) is 5.69 Å². The molecule has 4 aromatic rings. The Morgan fingerprint density at radius 1 is 0.760 bits per heavy atom. The molecule has 1 aliphatic rings. The summed E-state index contributed by atoms with van der Waals surface area (Å²) in [4.78, 5) is 2.37. The fraction of sp³-hybridized carbons (Fsp3) is 0.130. The molecule has 25 heavy (non-hydrogen) atoms. The molecule has 0 bridgehead atoms. The molecule has 0 saturated heterocycles. The van der Waals surface area contributed by atoms with Gasteiger partial charge in [-0.2, -0.15) is 0 Å². The molecule has 122 valence electrons. The first-order valence-corrected chi connectivity index (χ1v) is 8.86. The summed E-state index contributed by atoms with van der Waals surface area (Å²) in [5.74, 6) is 0. The third-order valence-corrected chi connectivity index (χ3v) is 5.19. The number of hydrogen-bond acceptors (Lipinski definition) is 1. The first-order chi connectivity index (χ1) is 12.3. The van der Waals surface area contributed by atoms with Crippen LogP contribution in [0.25, 0.3) is 27.5 Å². The van der Waals surface area contributed by atoms with E-state index in [2.05, 4.69) is 101 Å². The van der Waals surface area contributed by atoms with E-state index in [1.54, 1.807) is 0 Å². The maximum atomic E-state index is 2.37. The van der Waals surface area contributed by atoms with E-state index in [0.29, 0.717) is 6.04 Å². The summed E-state index contributed by atoms with van der Waals surface area (Å²) >= 11 is 0. The lowest BCUT2D eigenvalue weighted by molar-refractivity contribution is 0.760. The maximum absolute atomic E-state index is 2.37. The van der Waals surface area contributed by atoms with Crippen molar-refractivity contribution in [2.45, 2.75) is 19.4 Å². The van der Waals surface area contributed by atoms with Crippen LogP contribution >= 0.6 is 0 Å². The molecule has 0 N–H and O–H groups in total. The summed E-state index contributed by atoms with van der Waals surface area (Å²) in [6.07, 6.45) is 5.58. The maximum Gasteiger partial charge on any atom is 0.0542 e. The standard InChI is InChI=1S/C23H20N2/c1-17-8-7-15-24(17)19-13-14-23-21(16-19)20-11-5-6-12-22(20)25(23)18-9-3-2-4-10-18/h2-7,9-17H,8H2,1H3. The first-order valence-electron chi connectivity index (χ1n) is 8.86. The van der Waals surface area contributed by atoms with Crippen LogP contribution in [0.1, 0.15) is 13.3 Å². The van der Waals surface area contributed by atoms with Crippen molar-refractivity contribution in [1.29, 1.82) is 0 Å². The molecule has 1 aliphatic heterocycles. The highest BCUT2D eigenvalue weighted by atomic mass is 15.2. The predicted octanol–water partition coefficient (Wildman–Crippen LogP) is 5.90. The lowest BCUT2D eigenvalue weighted by atomic mass is 10.1. The van der Waals surface area contributed by atoms with Gasteiger partial charge in [-0.1, -0.05) is 42.5 Å². The second-order valence-electron chi connectivity index (χ2n) is 6.77. The lowest BCUT2D eigenvalue weighted by Crippen LogP contribution is -2.22. The number of hydrogen-bond donors (Lipinski definition) is 0. The van der Waals surface area contributed by atoms with Crippen LogP contribution in [0.15, 0.2) is 85.1 Å². The van der Waals surface area contributed by atoms with Crippen molar-refractivity contribution < 1.29 is 0 Å². The number of benzene rings is 3. The normalized spacial score (nSPS) is 17.0. The summed E-state index contributed by atoms with van der Waals surface area (Å²) in [5.41, 5.74) is 4.98. The van der Waals surface area contributed by atoms with E-state index in [9.17, 15) is 0 Å². The van der Waals surface area contributed by atoms with Gasteiger partial charge in [-0.25, -0.2) is 0 Å². The van der Waals surface area contributed by atoms with Crippen LogP contribution in [0.2, 0.25) is 0 Å². The molecule has 1 unspecified atom stereocenters. The van der Waals surface area contributed by atoms with E-state index in [4.69, 9.17) is 0 Å². The zero-order valence-electron chi connectivity index (χ0n) is 14.3. The summed E-state index contributed by atoms with van der Waals surface area (Å²) in [6, 6.07) is 26.7. The summed E-state index contributed by atoms with van der Waals surface area (Å²) in [5, 5.41) is 2.61. The minimum Gasteiger partial charge on any atom is -0.345 e. The number of nitrogens with zero attached hydrogens (tertiary/aromatic N) is 2. The van der Waals surface area contributed by atoms with Crippen molar-refractivity contribution in [3.05, 3.63) is 85.1 Å². The highest BCUT2D eigenvalue weighted by Gasteiger charge is 2.18. The molecule has 0 amide bonds. The SMILES string of the molecule is CC1CC=CN1c1ccc2c(c1)c1ccccc1n2-c1ccccc1. The fourth-order valence-corrected chi connectivity index (χ4v) is 3.95. The number of anilines is 1. The smallest absolute Gasteiger partial charge is 0.0542 e. The fourth-order valence-electron chi connectivity index (χ4n) is 3.95. The van der Waals surface area contributed by atoms with Crippen LogP contribution in [0.3, 0.4) is 0 Å². The number of para-hydroxylation sites is 2. The summed E-state index contributed by atoms with van der Waals surface area (Å²) in [7, 11) is 0. The zero-order valence-corrected chi connectivity index (χ0v) is 14.3. The molecule has 0 radical (unpaired) electrons. The molecular formula is C23H20N2. The molecule has 0 fully saturated rings. The molecule has 3 aromatic carbocycles. The quantitative estimate of drug-likeness (QED) is 0.446. The van der Waals surface area contributed by atoms with Gasteiger partial charge in [0.05, 0.1) is 11.0 Å². The Morgan fingerprint density at radius 2 is 1.52 bits per heavy atom. The molecule has 2 heterocycles. The highest BCUT2D eigenvalue weighted by Crippen LogP contribution is 2.35. The Bertz CT molecular complexity index is 1090. The predicted molar refractivity (Wildman–Crippen MR) is 106 cm³/mol. The van der Waals surface area contributed by atoms with Crippen LogP contribution in [-0.2, 0) is 0 Å². The molecule has 0 spiro atoms. The molecule has 0 saturated carbocycles. The van der Waals surface area contributed by atoms with Crippen LogP contribution in [0.4, 0.5) is 5.69 Å². The average molecular weight is 324 g/mol. The Kier molecular flexibility index (Phi) is 3.17. The number of fused-ring (bicyclic) bond motifs is 3. The van der Waals surface area contributed by atoms with E-state index < -0.39 is 0 Å². The van der Waals surface area contributed by atoms with E-state index in [1.807, 2.05) is 0 Å². The van der Waals surface area contributed by atoms with Crippen LogP contribution in [0.5, 0.6) is 0 Å². The largest absolute Gasteiger partial charge is 0.345 e. The van der Waals surface area contributed by atoms with Gasteiger partial charge in [-0.15, -0.1) is 0 Å². The minimum absolute atomic E-state index is 0.528. The van der Waals surface area contributed by atoms with Gasteiger partial charge in [0.2, 0.25) is 0 Å². The van der Waals surface area contributed by atoms with Crippen LogP contribution in [0, 0.1) is 0 Å². The highest BCUT2D eigenvalue weighted by molar-refractivity contribution is 6.10. The van der Waals surface area contributed by atoms with Gasteiger partial charge in [0, 0.05) is 34.4 Å². The number of aromatic nitrogens is 1. The van der Waals surface area contributed by atoms with E-state index in [1.165, 1.54) is 33.2 Å². The van der Waals surface area contributed by atoms with E-state index in [0.717, 1.165) is 6.42 Å². The zero-order chi connectivity index (χ0) is 16.8. The monoisotopic (exact) mass is 324 g/mol. The molecule has 2 nitrogen and oxygen atoms in total. The van der Waals surface area contributed by atoms with Crippen molar-refractivity contribution in [2.75, 3.05) is 4.90 Å². The van der Waals surface area contributed by atoms with E-state index in [-0.39, 0.29) is 0 Å². The summed E-state index contributed by atoms with van der Waals surface area (Å²) in [6.45, 7) is 2.28.